The highest BCUT2D eigenvalue weighted by Gasteiger charge is 2.16. The monoisotopic (exact) mass is 546 g/mol. The van der Waals surface area contributed by atoms with E-state index in [4.69, 9.17) is 0 Å². The van der Waals surface area contributed by atoms with Crippen molar-refractivity contribution in [1.29, 1.82) is 0 Å². The predicted molar refractivity (Wildman–Crippen MR) is 184 cm³/mol. The molecule has 2 aliphatic carbocycles. The van der Waals surface area contributed by atoms with Crippen molar-refractivity contribution in [2.24, 2.45) is 0 Å². The molecule has 0 aromatic heterocycles. The largest absolute Gasteiger partial charge is 0.0582 e. The van der Waals surface area contributed by atoms with Crippen LogP contribution in [-0.4, -0.2) is 0 Å². The van der Waals surface area contributed by atoms with Crippen molar-refractivity contribution in [3.63, 3.8) is 0 Å². The van der Waals surface area contributed by atoms with Crippen molar-refractivity contribution in [2.45, 2.75) is 76.0 Å². The van der Waals surface area contributed by atoms with Crippen molar-refractivity contribution >= 4 is 45.8 Å². The molecule has 0 unspecified atom stereocenters. The number of hydrogen-bond donors (Lipinski definition) is 0. The highest BCUT2D eigenvalue weighted by atomic mass is 14.2. The van der Waals surface area contributed by atoms with Gasteiger partial charge in [-0.2, -0.15) is 0 Å². The second-order valence-corrected chi connectivity index (χ2v) is 12.7. The SMILES string of the molecule is C(=Cc1ccc2cc3cc(C=Cc4ccc(C5CCCCC5)cc4)ccc3cc2c1)c1ccc(C2CCCCC2)cc1. The van der Waals surface area contributed by atoms with Gasteiger partial charge >= 0.3 is 0 Å². The average molecular weight is 547 g/mol. The van der Waals surface area contributed by atoms with Crippen molar-refractivity contribution in [1.82, 2.24) is 0 Å². The third-order valence-corrected chi connectivity index (χ3v) is 9.81. The molecule has 2 aliphatic rings. The zero-order valence-electron chi connectivity index (χ0n) is 24.8. The molecule has 0 spiro atoms. The van der Waals surface area contributed by atoms with E-state index < -0.39 is 0 Å². The van der Waals surface area contributed by atoms with Crippen LogP contribution < -0.4 is 0 Å². The van der Waals surface area contributed by atoms with Crippen LogP contribution in [0.25, 0.3) is 45.8 Å². The predicted octanol–water partition coefficient (Wildman–Crippen LogP) is 12.4. The summed E-state index contributed by atoms with van der Waals surface area (Å²) in [5.74, 6) is 1.53. The first-order chi connectivity index (χ1) is 20.8. The van der Waals surface area contributed by atoms with Crippen LogP contribution in [0.5, 0.6) is 0 Å². The van der Waals surface area contributed by atoms with E-state index in [0.29, 0.717) is 0 Å². The summed E-state index contributed by atoms with van der Waals surface area (Å²) in [6, 6.07) is 36.8. The fraction of sp³-hybridized carbons (Fsp3) is 0.286. The molecule has 210 valence electrons. The Hall–Kier alpha value is -3.90. The molecule has 0 bridgehead atoms. The summed E-state index contributed by atoms with van der Waals surface area (Å²) in [6.07, 6.45) is 22.8. The standard InChI is InChI=1S/C42H42/c1-3-7-35(8-4-1)37-21-15-31(16-22-37)11-13-33-19-25-39-30-42-28-34(20-26-40(42)29-41(39)27-33)14-12-32-17-23-38(24-18-32)36-9-5-2-6-10-36/h11-30,35-36H,1-10H2. The average Bonchev–Trinajstić information content (AvgIpc) is 3.06. The Balaban J connectivity index is 1.04. The molecule has 0 amide bonds. The van der Waals surface area contributed by atoms with E-state index in [1.165, 1.54) is 119 Å². The van der Waals surface area contributed by atoms with Crippen LogP contribution in [0.2, 0.25) is 0 Å². The summed E-state index contributed by atoms with van der Waals surface area (Å²) in [4.78, 5) is 0. The molecule has 5 aromatic carbocycles. The molecule has 0 radical (unpaired) electrons. The molecule has 0 aliphatic heterocycles. The summed E-state index contributed by atoms with van der Waals surface area (Å²) in [5, 5.41) is 5.16. The summed E-state index contributed by atoms with van der Waals surface area (Å²) in [6.45, 7) is 0. The van der Waals surface area contributed by atoms with Gasteiger partial charge in [0.05, 0.1) is 0 Å². The minimum Gasteiger partial charge on any atom is -0.0582 e. The quantitative estimate of drug-likeness (QED) is 0.147. The molecule has 5 aromatic rings. The van der Waals surface area contributed by atoms with E-state index >= 15 is 0 Å². The Bertz CT molecular complexity index is 1570. The fourth-order valence-electron chi connectivity index (χ4n) is 7.26. The third-order valence-electron chi connectivity index (χ3n) is 9.81. The van der Waals surface area contributed by atoms with E-state index in [9.17, 15) is 0 Å². The van der Waals surface area contributed by atoms with E-state index in [1.807, 2.05) is 0 Å². The Kier molecular flexibility index (Phi) is 8.05. The Labute approximate surface area is 251 Å². The van der Waals surface area contributed by atoms with Crippen LogP contribution in [0.1, 0.15) is 109 Å². The Morgan fingerprint density at radius 1 is 0.333 bits per heavy atom. The first-order valence-electron chi connectivity index (χ1n) is 16.3. The maximum Gasteiger partial charge on any atom is -0.0162 e. The minimum absolute atomic E-state index is 0.766. The smallest absolute Gasteiger partial charge is 0.0162 e. The second kappa shape index (κ2) is 12.5. The van der Waals surface area contributed by atoms with Gasteiger partial charge in [-0.25, -0.2) is 0 Å². The summed E-state index contributed by atoms with van der Waals surface area (Å²) >= 11 is 0. The lowest BCUT2D eigenvalue weighted by Gasteiger charge is -2.21. The normalized spacial score (nSPS) is 17.1. The molecule has 0 N–H and O–H groups in total. The molecule has 0 nitrogen and oxygen atoms in total. The van der Waals surface area contributed by atoms with E-state index in [2.05, 4.69) is 121 Å². The molecule has 0 saturated heterocycles. The van der Waals surface area contributed by atoms with E-state index in [1.54, 1.807) is 0 Å². The molecule has 0 heteroatoms. The number of fused-ring (bicyclic) bond motifs is 2. The fourth-order valence-corrected chi connectivity index (χ4v) is 7.26. The van der Waals surface area contributed by atoms with E-state index in [0.717, 1.165) is 11.8 Å². The molecular formula is C42H42. The van der Waals surface area contributed by atoms with Gasteiger partial charge in [-0.15, -0.1) is 0 Å². The molecule has 0 atom stereocenters. The lowest BCUT2D eigenvalue weighted by atomic mass is 9.84. The van der Waals surface area contributed by atoms with Gasteiger partial charge in [0, 0.05) is 0 Å². The zero-order valence-corrected chi connectivity index (χ0v) is 24.8. The van der Waals surface area contributed by atoms with Crippen LogP contribution >= 0.6 is 0 Å². The van der Waals surface area contributed by atoms with Gasteiger partial charge in [0.2, 0.25) is 0 Å². The van der Waals surface area contributed by atoms with Crippen LogP contribution in [0.3, 0.4) is 0 Å². The molecule has 2 saturated carbocycles. The van der Waals surface area contributed by atoms with Crippen LogP contribution in [-0.2, 0) is 0 Å². The van der Waals surface area contributed by atoms with Crippen molar-refractivity contribution in [3.8, 4) is 0 Å². The van der Waals surface area contributed by atoms with Gasteiger partial charge in [0.25, 0.3) is 0 Å². The lowest BCUT2D eigenvalue weighted by Crippen LogP contribution is -2.04. The van der Waals surface area contributed by atoms with Gasteiger partial charge in [0.15, 0.2) is 0 Å². The van der Waals surface area contributed by atoms with Gasteiger partial charge in [-0.3, -0.25) is 0 Å². The maximum atomic E-state index is 2.35. The first kappa shape index (κ1) is 27.0. The summed E-state index contributed by atoms with van der Waals surface area (Å²) in [5.41, 5.74) is 8.07. The molecular weight excluding hydrogens is 504 g/mol. The van der Waals surface area contributed by atoms with Crippen molar-refractivity contribution < 1.29 is 0 Å². The van der Waals surface area contributed by atoms with E-state index in [-0.39, 0.29) is 0 Å². The van der Waals surface area contributed by atoms with Gasteiger partial charge in [0.1, 0.15) is 0 Å². The lowest BCUT2D eigenvalue weighted by molar-refractivity contribution is 0.443. The van der Waals surface area contributed by atoms with Crippen LogP contribution in [0, 0.1) is 0 Å². The van der Waals surface area contributed by atoms with Crippen molar-refractivity contribution in [3.05, 3.63) is 130 Å². The van der Waals surface area contributed by atoms with Gasteiger partial charge in [-0.1, -0.05) is 136 Å². The Morgan fingerprint density at radius 3 is 1.10 bits per heavy atom. The number of benzene rings is 5. The third kappa shape index (κ3) is 6.29. The van der Waals surface area contributed by atoms with Gasteiger partial charge < -0.3 is 0 Å². The maximum absolute atomic E-state index is 2.35. The van der Waals surface area contributed by atoms with Crippen LogP contribution in [0.15, 0.2) is 97.1 Å². The molecule has 7 rings (SSSR count). The summed E-state index contributed by atoms with van der Waals surface area (Å²) < 4.78 is 0. The number of rotatable bonds is 6. The highest BCUT2D eigenvalue weighted by molar-refractivity contribution is 6.00. The molecule has 0 heterocycles. The topological polar surface area (TPSA) is 0 Å². The molecule has 42 heavy (non-hydrogen) atoms. The van der Waals surface area contributed by atoms with Crippen LogP contribution in [0.4, 0.5) is 0 Å². The van der Waals surface area contributed by atoms with Gasteiger partial charge in [-0.05, 0) is 117 Å². The second-order valence-electron chi connectivity index (χ2n) is 12.7. The minimum atomic E-state index is 0.766. The number of hydrogen-bond acceptors (Lipinski definition) is 0. The Morgan fingerprint density at radius 2 is 0.690 bits per heavy atom. The summed E-state index contributed by atoms with van der Waals surface area (Å²) in [7, 11) is 0. The zero-order chi connectivity index (χ0) is 28.1. The first-order valence-corrected chi connectivity index (χ1v) is 16.3. The van der Waals surface area contributed by atoms with Crippen molar-refractivity contribution in [2.75, 3.05) is 0 Å². The molecule has 2 fully saturated rings. The highest BCUT2D eigenvalue weighted by Crippen LogP contribution is 2.34.